The molecule has 0 fully saturated rings. The molecule has 1 aliphatic rings. The van der Waals surface area contributed by atoms with Gasteiger partial charge in [-0.15, -0.1) is 0 Å². The number of rotatable bonds is 1. The zero-order chi connectivity index (χ0) is 12.6. The zero-order valence-electron chi connectivity index (χ0n) is 10.1. The van der Waals surface area contributed by atoms with Gasteiger partial charge in [0, 0.05) is 10.7 Å². The van der Waals surface area contributed by atoms with Crippen molar-refractivity contribution in [3.8, 4) is 0 Å². The number of aliphatic imine (C=N–C) groups is 2. The molecule has 5 nitrogen and oxygen atoms in total. The number of guanidine groups is 2. The molecule has 98 valence electrons. The van der Waals surface area contributed by atoms with E-state index in [9.17, 15) is 0 Å². The van der Waals surface area contributed by atoms with Crippen LogP contribution in [0.1, 0.15) is 13.8 Å². The van der Waals surface area contributed by atoms with Crippen molar-refractivity contribution < 1.29 is 12.4 Å². The van der Waals surface area contributed by atoms with E-state index >= 15 is 0 Å². The molecule has 18 heavy (non-hydrogen) atoms. The van der Waals surface area contributed by atoms with Gasteiger partial charge in [0.05, 0.1) is 0 Å². The van der Waals surface area contributed by atoms with Crippen LogP contribution in [0.2, 0.25) is 5.02 Å². The highest BCUT2D eigenvalue weighted by molar-refractivity contribution is 6.31. The lowest BCUT2D eigenvalue weighted by Crippen LogP contribution is -3.00. The van der Waals surface area contributed by atoms with Gasteiger partial charge in [0.15, 0.2) is 0 Å². The van der Waals surface area contributed by atoms with Crippen LogP contribution in [0.15, 0.2) is 34.3 Å². The summed E-state index contributed by atoms with van der Waals surface area (Å²) in [5.74, 6) is 0.496. The van der Waals surface area contributed by atoms with Gasteiger partial charge in [-0.25, -0.2) is 4.99 Å². The molecule has 1 aromatic carbocycles. The molecule has 0 spiro atoms. The van der Waals surface area contributed by atoms with Crippen LogP contribution >= 0.6 is 11.6 Å². The lowest BCUT2D eigenvalue weighted by Gasteiger charge is -2.38. The Morgan fingerprint density at radius 2 is 1.94 bits per heavy atom. The molecule has 2 rings (SSSR count). The Balaban J connectivity index is 0.00000162. The second-order valence-corrected chi connectivity index (χ2v) is 4.69. The molecule has 0 saturated carbocycles. The van der Waals surface area contributed by atoms with Crippen molar-refractivity contribution in [3.05, 3.63) is 29.3 Å². The minimum Gasteiger partial charge on any atom is -1.00 e. The molecular formula is C11H14Cl2N5-. The van der Waals surface area contributed by atoms with Crippen molar-refractivity contribution in [1.29, 1.82) is 0 Å². The predicted molar refractivity (Wildman–Crippen MR) is 71.3 cm³/mol. The number of hydrogen-bond acceptors (Lipinski definition) is 5. The lowest BCUT2D eigenvalue weighted by molar-refractivity contribution is -0.00000436. The Kier molecular flexibility index (Phi) is 4.09. The summed E-state index contributed by atoms with van der Waals surface area (Å²) in [6.07, 6.45) is 0. The molecular weight excluding hydrogens is 273 g/mol. The van der Waals surface area contributed by atoms with Gasteiger partial charge < -0.3 is 23.9 Å². The maximum Gasteiger partial charge on any atom is 0.220 e. The summed E-state index contributed by atoms with van der Waals surface area (Å²) >= 11 is 5.97. The third-order valence-corrected chi connectivity index (χ3v) is 2.70. The molecule has 0 atom stereocenters. The van der Waals surface area contributed by atoms with Crippen LogP contribution in [0.4, 0.5) is 5.69 Å². The number of halogens is 2. The molecule has 1 aliphatic heterocycles. The predicted octanol–water partition coefficient (Wildman–Crippen LogP) is -1.47. The molecule has 0 saturated heterocycles. The van der Waals surface area contributed by atoms with Crippen LogP contribution in [-0.2, 0) is 0 Å². The van der Waals surface area contributed by atoms with Gasteiger partial charge in [-0.3, -0.25) is 4.90 Å². The monoisotopic (exact) mass is 286 g/mol. The van der Waals surface area contributed by atoms with Crippen LogP contribution in [0.3, 0.4) is 0 Å². The van der Waals surface area contributed by atoms with Crippen molar-refractivity contribution in [3.63, 3.8) is 0 Å². The summed E-state index contributed by atoms with van der Waals surface area (Å²) in [6.45, 7) is 3.81. The molecule has 0 amide bonds. The fourth-order valence-corrected chi connectivity index (χ4v) is 2.05. The van der Waals surface area contributed by atoms with E-state index in [1.807, 2.05) is 32.0 Å². The van der Waals surface area contributed by atoms with Gasteiger partial charge >= 0.3 is 0 Å². The normalized spacial score (nSPS) is 17.6. The minimum atomic E-state index is -0.583. The Hall–Kier alpha value is -1.46. The zero-order valence-corrected chi connectivity index (χ0v) is 11.6. The molecule has 1 heterocycles. The Morgan fingerprint density at radius 3 is 2.50 bits per heavy atom. The first-order chi connectivity index (χ1) is 7.90. The molecule has 7 heteroatoms. The summed E-state index contributed by atoms with van der Waals surface area (Å²) in [7, 11) is 0. The maximum absolute atomic E-state index is 5.97. The largest absolute Gasteiger partial charge is 1.00 e. The maximum atomic E-state index is 5.97. The second-order valence-electron chi connectivity index (χ2n) is 4.25. The summed E-state index contributed by atoms with van der Waals surface area (Å²) in [4.78, 5) is 10.0. The van der Waals surface area contributed by atoms with Gasteiger partial charge in [0.25, 0.3) is 0 Å². The van der Waals surface area contributed by atoms with Crippen molar-refractivity contribution in [1.82, 2.24) is 0 Å². The smallest absolute Gasteiger partial charge is 0.220 e. The number of nitrogens with two attached hydrogens (primary N) is 2. The molecule has 0 aromatic heterocycles. The highest BCUT2D eigenvalue weighted by atomic mass is 35.5. The Bertz CT molecular complexity index is 510. The number of hydrogen-bond donors (Lipinski definition) is 2. The lowest BCUT2D eigenvalue weighted by atomic mass is 10.1. The average molecular weight is 287 g/mol. The topological polar surface area (TPSA) is 80.0 Å². The first-order valence-corrected chi connectivity index (χ1v) is 5.53. The van der Waals surface area contributed by atoms with Gasteiger partial charge in [-0.05, 0) is 32.0 Å². The fraction of sp³-hybridized carbons (Fsp3) is 0.273. The van der Waals surface area contributed by atoms with Crippen molar-refractivity contribution in [2.75, 3.05) is 4.90 Å². The molecule has 0 aliphatic carbocycles. The number of benzene rings is 1. The van der Waals surface area contributed by atoms with E-state index in [4.69, 9.17) is 23.1 Å². The quantitative estimate of drug-likeness (QED) is 0.662. The third kappa shape index (κ3) is 2.68. The van der Waals surface area contributed by atoms with Crippen LogP contribution in [0.5, 0.6) is 0 Å². The van der Waals surface area contributed by atoms with Crippen LogP contribution in [0, 0.1) is 0 Å². The van der Waals surface area contributed by atoms with E-state index in [2.05, 4.69) is 9.98 Å². The summed E-state index contributed by atoms with van der Waals surface area (Å²) in [6, 6.07) is 7.35. The first-order valence-electron chi connectivity index (χ1n) is 5.15. The van der Waals surface area contributed by atoms with Gasteiger partial charge in [-0.1, -0.05) is 17.7 Å². The standard InChI is InChI=1S/C11H14ClN5.ClH/c1-11(2)16-9(13)15-10(14)17(11)8-5-3-4-7(12)6-8;/h3-6H,1-2H3,(H4,13,14,15,16);1H/p-1. The van der Waals surface area contributed by atoms with Gasteiger partial charge in [0.2, 0.25) is 11.9 Å². The minimum absolute atomic E-state index is 0. The number of nitrogens with zero attached hydrogens (tertiary/aromatic N) is 3. The summed E-state index contributed by atoms with van der Waals surface area (Å²) in [5.41, 5.74) is 11.8. The van der Waals surface area contributed by atoms with E-state index in [1.54, 1.807) is 11.0 Å². The van der Waals surface area contributed by atoms with Gasteiger partial charge in [0.1, 0.15) is 5.66 Å². The Morgan fingerprint density at radius 1 is 1.28 bits per heavy atom. The average Bonchev–Trinajstić information content (AvgIpc) is 2.13. The SMILES string of the molecule is CC1(C)N=C(N)N=C(N)N1c1cccc(Cl)c1.[Cl-]. The summed E-state index contributed by atoms with van der Waals surface area (Å²) < 4.78 is 0. The number of anilines is 1. The van der Waals surface area contributed by atoms with E-state index in [0.29, 0.717) is 11.0 Å². The van der Waals surface area contributed by atoms with Crippen LogP contribution < -0.4 is 28.8 Å². The molecule has 4 N–H and O–H groups in total. The molecule has 0 unspecified atom stereocenters. The van der Waals surface area contributed by atoms with E-state index in [-0.39, 0.29) is 18.4 Å². The van der Waals surface area contributed by atoms with E-state index in [1.165, 1.54) is 0 Å². The second kappa shape index (κ2) is 5.04. The Labute approximate surface area is 117 Å². The summed E-state index contributed by atoms with van der Waals surface area (Å²) in [5, 5.41) is 0.633. The highest BCUT2D eigenvalue weighted by Gasteiger charge is 2.32. The van der Waals surface area contributed by atoms with Crippen LogP contribution in [0.25, 0.3) is 0 Å². The van der Waals surface area contributed by atoms with Gasteiger partial charge in [-0.2, -0.15) is 4.99 Å². The van der Waals surface area contributed by atoms with Crippen LogP contribution in [-0.4, -0.2) is 17.6 Å². The molecule has 0 bridgehead atoms. The fourth-order valence-electron chi connectivity index (χ4n) is 1.87. The van der Waals surface area contributed by atoms with Crippen molar-refractivity contribution >= 4 is 29.2 Å². The molecule has 1 aromatic rings. The molecule has 0 radical (unpaired) electrons. The van der Waals surface area contributed by atoms with E-state index < -0.39 is 5.66 Å². The first kappa shape index (κ1) is 14.6. The highest BCUT2D eigenvalue weighted by Crippen LogP contribution is 2.28. The third-order valence-electron chi connectivity index (χ3n) is 2.46. The van der Waals surface area contributed by atoms with Crippen molar-refractivity contribution in [2.24, 2.45) is 21.5 Å². The van der Waals surface area contributed by atoms with E-state index in [0.717, 1.165) is 5.69 Å². The van der Waals surface area contributed by atoms with Crippen molar-refractivity contribution in [2.45, 2.75) is 19.5 Å².